The van der Waals surface area contributed by atoms with Crippen LogP contribution in [0.1, 0.15) is 6.92 Å². The molecule has 7 nitrogen and oxygen atoms in total. The van der Waals surface area contributed by atoms with Crippen LogP contribution in [-0.4, -0.2) is 63.3 Å². The van der Waals surface area contributed by atoms with E-state index in [9.17, 15) is 15.0 Å². The van der Waals surface area contributed by atoms with Crippen molar-refractivity contribution in [1.82, 2.24) is 4.90 Å². The van der Waals surface area contributed by atoms with Crippen molar-refractivity contribution in [3.8, 4) is 0 Å². The van der Waals surface area contributed by atoms with Crippen LogP contribution in [0.4, 0.5) is 0 Å². The van der Waals surface area contributed by atoms with Crippen molar-refractivity contribution in [2.75, 3.05) is 6.61 Å². The summed E-state index contributed by atoms with van der Waals surface area (Å²) < 4.78 is 5.42. The summed E-state index contributed by atoms with van der Waals surface area (Å²) in [6.07, 6.45) is 0.858. The van der Waals surface area contributed by atoms with Crippen LogP contribution < -0.4 is 5.73 Å². The molecule has 0 aliphatic carbocycles. The van der Waals surface area contributed by atoms with E-state index in [0.29, 0.717) is 5.57 Å². The number of hydrogen-bond donors (Lipinski definition) is 4. The van der Waals surface area contributed by atoms with Gasteiger partial charge in [0.2, 0.25) is 5.91 Å². The van der Waals surface area contributed by atoms with Gasteiger partial charge < -0.3 is 30.7 Å². The number of carbonyl (C=O) groups is 1. The normalized spacial score (nSPS) is 38.4. The maximum atomic E-state index is 11.3. The molecule has 2 aliphatic heterocycles. The third-order valence-corrected chi connectivity index (χ3v) is 3.53. The molecule has 0 aromatic heterocycles. The van der Waals surface area contributed by atoms with Crippen LogP contribution in [0.25, 0.3) is 0 Å². The fraction of sp³-hybridized carbons (Fsp3) is 0.583. The Bertz CT molecular complexity index is 422. The van der Waals surface area contributed by atoms with E-state index in [1.807, 2.05) is 0 Å². The van der Waals surface area contributed by atoms with Crippen molar-refractivity contribution in [2.45, 2.75) is 37.5 Å². The third kappa shape index (κ3) is 2.37. The number of allylic oxidation sites excluding steroid dienone is 2. The molecule has 2 rings (SSSR count). The zero-order valence-electron chi connectivity index (χ0n) is 10.5. The minimum atomic E-state index is -1.17. The van der Waals surface area contributed by atoms with E-state index >= 15 is 0 Å². The molecule has 1 amide bonds. The number of carbonyl (C=O) groups excluding carboxylic acids is 1. The average Bonchev–Trinajstić information content (AvgIpc) is 2.66. The topological polar surface area (TPSA) is 116 Å². The Morgan fingerprint density at radius 3 is 2.68 bits per heavy atom. The number of aliphatic hydroxyl groups excluding tert-OH is 3. The molecule has 5 N–H and O–H groups in total. The van der Waals surface area contributed by atoms with Crippen LogP contribution in [-0.2, 0) is 9.53 Å². The molecular weight excluding hydrogens is 252 g/mol. The second-order valence-electron chi connectivity index (χ2n) is 4.68. The molecule has 0 saturated carbocycles. The minimum Gasteiger partial charge on any atom is -0.394 e. The van der Waals surface area contributed by atoms with Gasteiger partial charge in [0, 0.05) is 11.8 Å². The number of primary amides is 1. The average molecular weight is 270 g/mol. The zero-order valence-corrected chi connectivity index (χ0v) is 10.5. The summed E-state index contributed by atoms with van der Waals surface area (Å²) in [6.45, 7) is 1.36. The van der Waals surface area contributed by atoms with E-state index in [2.05, 4.69) is 0 Å². The second kappa shape index (κ2) is 5.30. The van der Waals surface area contributed by atoms with Crippen LogP contribution >= 0.6 is 0 Å². The highest BCUT2D eigenvalue weighted by Gasteiger charge is 2.46. The molecule has 0 aromatic rings. The maximum Gasteiger partial charge on any atom is 0.246 e. The summed E-state index contributed by atoms with van der Waals surface area (Å²) in [6, 6.07) is -0.383. The number of hydrogen-bond acceptors (Lipinski definition) is 6. The number of ether oxygens (including phenoxy) is 1. The lowest BCUT2D eigenvalue weighted by atomic mass is 10.0. The number of aliphatic hydroxyl groups is 3. The van der Waals surface area contributed by atoms with Crippen molar-refractivity contribution in [2.24, 2.45) is 5.73 Å². The largest absolute Gasteiger partial charge is 0.394 e. The molecule has 7 heteroatoms. The van der Waals surface area contributed by atoms with Gasteiger partial charge in [0.05, 0.1) is 12.6 Å². The Kier molecular flexibility index (Phi) is 3.91. The van der Waals surface area contributed by atoms with Crippen molar-refractivity contribution in [3.05, 3.63) is 23.9 Å². The fourth-order valence-electron chi connectivity index (χ4n) is 2.39. The van der Waals surface area contributed by atoms with Crippen molar-refractivity contribution < 1.29 is 24.9 Å². The smallest absolute Gasteiger partial charge is 0.246 e. The molecule has 1 saturated heterocycles. The van der Waals surface area contributed by atoms with Crippen molar-refractivity contribution in [1.29, 1.82) is 0 Å². The Labute approximate surface area is 110 Å². The zero-order chi connectivity index (χ0) is 14.2. The molecule has 0 bridgehead atoms. The molecule has 0 spiro atoms. The first-order chi connectivity index (χ1) is 8.97. The summed E-state index contributed by atoms with van der Waals surface area (Å²) in [4.78, 5) is 12.9. The lowest BCUT2D eigenvalue weighted by Gasteiger charge is -2.36. The van der Waals surface area contributed by atoms with Gasteiger partial charge >= 0.3 is 0 Å². The van der Waals surface area contributed by atoms with Gasteiger partial charge in [-0.05, 0) is 13.0 Å². The second-order valence-corrected chi connectivity index (χ2v) is 4.68. The molecule has 3 unspecified atom stereocenters. The van der Waals surface area contributed by atoms with Crippen LogP contribution in [0.5, 0.6) is 0 Å². The van der Waals surface area contributed by atoms with Gasteiger partial charge in [-0.3, -0.25) is 4.79 Å². The highest BCUT2D eigenvalue weighted by Crippen LogP contribution is 2.29. The Morgan fingerprint density at radius 1 is 1.47 bits per heavy atom. The minimum absolute atomic E-state index is 0.383. The summed E-state index contributed by atoms with van der Waals surface area (Å²) >= 11 is 0. The predicted molar refractivity (Wildman–Crippen MR) is 65.5 cm³/mol. The Balaban J connectivity index is 2.18. The summed E-state index contributed by atoms with van der Waals surface area (Å²) in [5.41, 5.74) is 5.66. The van der Waals surface area contributed by atoms with Gasteiger partial charge in [-0.25, -0.2) is 0 Å². The van der Waals surface area contributed by atoms with Gasteiger partial charge in [-0.15, -0.1) is 0 Å². The van der Waals surface area contributed by atoms with E-state index in [-0.39, 0.29) is 12.6 Å². The van der Waals surface area contributed by atoms with Crippen molar-refractivity contribution >= 4 is 5.91 Å². The van der Waals surface area contributed by atoms with E-state index in [1.54, 1.807) is 30.2 Å². The third-order valence-electron chi connectivity index (χ3n) is 3.53. The highest BCUT2D eigenvalue weighted by atomic mass is 16.6. The highest BCUT2D eigenvalue weighted by molar-refractivity contribution is 5.93. The summed E-state index contributed by atoms with van der Waals surface area (Å²) in [5, 5.41) is 28.7. The molecule has 5 atom stereocenters. The van der Waals surface area contributed by atoms with E-state index in [1.165, 1.54) is 0 Å². The van der Waals surface area contributed by atoms with E-state index in [4.69, 9.17) is 15.6 Å². The Morgan fingerprint density at radius 2 is 2.16 bits per heavy atom. The molecule has 0 aromatic carbocycles. The lowest BCUT2D eigenvalue weighted by Crippen LogP contribution is -2.48. The van der Waals surface area contributed by atoms with Gasteiger partial charge in [-0.1, -0.05) is 6.08 Å². The van der Waals surface area contributed by atoms with Gasteiger partial charge in [0.15, 0.2) is 6.23 Å². The first kappa shape index (κ1) is 14.0. The summed E-state index contributed by atoms with van der Waals surface area (Å²) in [7, 11) is 0. The first-order valence-electron chi connectivity index (χ1n) is 6.05. The Hall–Kier alpha value is -1.41. The molecule has 2 heterocycles. The van der Waals surface area contributed by atoms with Crippen LogP contribution in [0.3, 0.4) is 0 Å². The van der Waals surface area contributed by atoms with Gasteiger partial charge in [-0.2, -0.15) is 0 Å². The van der Waals surface area contributed by atoms with E-state index in [0.717, 1.165) is 0 Å². The van der Waals surface area contributed by atoms with Gasteiger partial charge in [0.1, 0.15) is 18.3 Å². The number of rotatable bonds is 3. The number of amides is 1. The molecular formula is C12H18N2O5. The van der Waals surface area contributed by atoms with Crippen LogP contribution in [0.2, 0.25) is 0 Å². The quantitative estimate of drug-likeness (QED) is 0.474. The van der Waals surface area contributed by atoms with E-state index < -0.39 is 30.4 Å². The summed E-state index contributed by atoms with van der Waals surface area (Å²) in [5.74, 6) is -0.548. The SMILES string of the molecule is CC1C(C(N)=O)=CC=CN1[C@@H]1OC(CO)[C@@H](O)C1O. The molecule has 106 valence electrons. The predicted octanol–water partition coefficient (Wildman–Crippen LogP) is -1.95. The molecule has 0 radical (unpaired) electrons. The van der Waals surface area contributed by atoms with Crippen LogP contribution in [0, 0.1) is 0 Å². The van der Waals surface area contributed by atoms with Crippen LogP contribution in [0.15, 0.2) is 23.9 Å². The molecule has 19 heavy (non-hydrogen) atoms. The maximum absolute atomic E-state index is 11.3. The van der Waals surface area contributed by atoms with Gasteiger partial charge in [0.25, 0.3) is 0 Å². The number of nitrogens with zero attached hydrogens (tertiary/aromatic N) is 1. The standard InChI is InChI=1S/C12H18N2O5/c1-6-7(11(13)18)3-2-4-14(6)12-10(17)9(16)8(5-15)19-12/h2-4,6,8-10,12,15-17H,5H2,1H3,(H2,13,18)/t6?,8?,9-,10?,12-/m1/s1. The molecule has 1 fully saturated rings. The first-order valence-corrected chi connectivity index (χ1v) is 6.05. The molecule has 2 aliphatic rings. The fourth-order valence-corrected chi connectivity index (χ4v) is 2.39. The van der Waals surface area contributed by atoms with Crippen molar-refractivity contribution in [3.63, 3.8) is 0 Å². The number of nitrogens with two attached hydrogens (primary N) is 1. The monoisotopic (exact) mass is 270 g/mol. The lowest BCUT2D eigenvalue weighted by molar-refractivity contribution is -0.117.